The van der Waals surface area contributed by atoms with Crippen molar-refractivity contribution in [3.8, 4) is 0 Å². The van der Waals surface area contributed by atoms with Crippen molar-refractivity contribution in [3.63, 3.8) is 0 Å². The minimum Gasteiger partial charge on any atom is -0.375 e. The summed E-state index contributed by atoms with van der Waals surface area (Å²) in [5.74, 6) is 0.0665. The number of rotatable bonds is 6. The molecule has 1 N–H and O–H groups in total. The summed E-state index contributed by atoms with van der Waals surface area (Å²) in [5, 5.41) is 2.89. The lowest BCUT2D eigenvalue weighted by molar-refractivity contribution is -0.117. The molecule has 0 radical (unpaired) electrons. The number of anilines is 2. The molecule has 0 aliphatic carbocycles. The quantitative estimate of drug-likeness (QED) is 0.851. The van der Waals surface area contributed by atoms with Crippen LogP contribution in [0.2, 0.25) is 0 Å². The van der Waals surface area contributed by atoms with Crippen LogP contribution in [0.5, 0.6) is 0 Å². The Labute approximate surface area is 116 Å². The van der Waals surface area contributed by atoms with Crippen molar-refractivity contribution in [1.82, 2.24) is 5.32 Å². The van der Waals surface area contributed by atoms with Crippen LogP contribution >= 0.6 is 0 Å². The molecule has 19 heavy (non-hydrogen) atoms. The lowest BCUT2D eigenvalue weighted by Crippen LogP contribution is -2.34. The zero-order chi connectivity index (χ0) is 14.4. The van der Waals surface area contributed by atoms with E-state index in [4.69, 9.17) is 0 Å². The van der Waals surface area contributed by atoms with Gasteiger partial charge in [-0.3, -0.25) is 4.79 Å². The van der Waals surface area contributed by atoms with Crippen LogP contribution in [0.4, 0.5) is 11.4 Å². The van der Waals surface area contributed by atoms with Crippen LogP contribution in [0.1, 0.15) is 19.4 Å². The number of benzene rings is 1. The number of amides is 1. The van der Waals surface area contributed by atoms with E-state index >= 15 is 0 Å². The molecule has 0 saturated carbocycles. The molecule has 0 aliphatic heterocycles. The van der Waals surface area contributed by atoms with Gasteiger partial charge in [0.25, 0.3) is 0 Å². The van der Waals surface area contributed by atoms with Gasteiger partial charge in [-0.1, -0.05) is 13.0 Å². The van der Waals surface area contributed by atoms with Gasteiger partial charge < -0.3 is 15.1 Å². The molecule has 4 heteroatoms. The van der Waals surface area contributed by atoms with E-state index in [0.29, 0.717) is 6.54 Å². The average molecular weight is 263 g/mol. The highest BCUT2D eigenvalue weighted by Gasteiger charge is 2.13. The SMILES string of the molecule is CCc1ccc(N(C)C(=O)CNC)cc1N(C)CC. The van der Waals surface area contributed by atoms with Crippen LogP contribution in [0.15, 0.2) is 18.2 Å². The van der Waals surface area contributed by atoms with Crippen molar-refractivity contribution in [2.45, 2.75) is 20.3 Å². The molecule has 4 nitrogen and oxygen atoms in total. The van der Waals surface area contributed by atoms with Gasteiger partial charge in [-0.25, -0.2) is 0 Å². The maximum absolute atomic E-state index is 11.9. The van der Waals surface area contributed by atoms with Gasteiger partial charge in [-0.2, -0.15) is 0 Å². The van der Waals surface area contributed by atoms with Crippen molar-refractivity contribution in [2.24, 2.45) is 0 Å². The Morgan fingerprint density at radius 1 is 1.26 bits per heavy atom. The molecule has 1 aromatic carbocycles. The third-order valence-corrected chi connectivity index (χ3v) is 3.42. The van der Waals surface area contributed by atoms with E-state index in [1.807, 2.05) is 13.1 Å². The number of aryl methyl sites for hydroxylation is 1. The summed E-state index contributed by atoms with van der Waals surface area (Å²) in [5.41, 5.74) is 3.45. The summed E-state index contributed by atoms with van der Waals surface area (Å²) >= 11 is 0. The largest absolute Gasteiger partial charge is 0.375 e. The molecule has 0 saturated heterocycles. The summed E-state index contributed by atoms with van der Waals surface area (Å²) in [7, 11) is 5.67. The Morgan fingerprint density at radius 3 is 2.47 bits per heavy atom. The number of carbonyl (C=O) groups is 1. The Kier molecular flexibility index (Phi) is 5.83. The molecule has 1 rings (SSSR count). The molecule has 0 fully saturated rings. The fraction of sp³-hybridized carbons (Fsp3) is 0.533. The molecule has 0 bridgehead atoms. The Balaban J connectivity index is 3.07. The molecule has 0 aliphatic rings. The van der Waals surface area contributed by atoms with Crippen molar-refractivity contribution in [1.29, 1.82) is 0 Å². The lowest BCUT2D eigenvalue weighted by Gasteiger charge is -2.24. The van der Waals surface area contributed by atoms with Gasteiger partial charge >= 0.3 is 0 Å². The minimum absolute atomic E-state index is 0.0665. The molecule has 0 atom stereocenters. The maximum atomic E-state index is 11.9. The molecule has 0 aromatic heterocycles. The highest BCUT2D eigenvalue weighted by Crippen LogP contribution is 2.26. The van der Waals surface area contributed by atoms with Crippen molar-refractivity contribution in [3.05, 3.63) is 23.8 Å². The van der Waals surface area contributed by atoms with Gasteiger partial charge in [0.05, 0.1) is 6.54 Å². The zero-order valence-electron chi connectivity index (χ0n) is 12.7. The van der Waals surface area contributed by atoms with Gasteiger partial charge in [-0.05, 0) is 38.1 Å². The number of hydrogen-bond donors (Lipinski definition) is 1. The predicted molar refractivity (Wildman–Crippen MR) is 82.1 cm³/mol. The Bertz CT molecular complexity index is 431. The normalized spacial score (nSPS) is 10.4. The first-order valence-electron chi connectivity index (χ1n) is 6.80. The molecular weight excluding hydrogens is 238 g/mol. The average Bonchev–Trinajstić information content (AvgIpc) is 2.45. The lowest BCUT2D eigenvalue weighted by atomic mass is 10.1. The van der Waals surface area contributed by atoms with E-state index in [0.717, 1.165) is 18.7 Å². The van der Waals surface area contributed by atoms with E-state index in [9.17, 15) is 4.79 Å². The minimum atomic E-state index is 0.0665. The first-order valence-corrected chi connectivity index (χ1v) is 6.80. The summed E-state index contributed by atoms with van der Waals surface area (Å²) < 4.78 is 0. The molecule has 0 heterocycles. The Morgan fingerprint density at radius 2 is 1.95 bits per heavy atom. The Hall–Kier alpha value is -1.55. The molecule has 0 unspecified atom stereocenters. The van der Waals surface area contributed by atoms with E-state index in [1.54, 1.807) is 11.9 Å². The summed E-state index contributed by atoms with van der Waals surface area (Å²) in [6, 6.07) is 6.22. The van der Waals surface area contributed by atoms with Gasteiger partial charge in [0.15, 0.2) is 0 Å². The van der Waals surface area contributed by atoms with E-state index in [1.165, 1.54) is 11.3 Å². The van der Waals surface area contributed by atoms with Crippen molar-refractivity contribution < 1.29 is 4.79 Å². The van der Waals surface area contributed by atoms with Crippen molar-refractivity contribution >= 4 is 17.3 Å². The van der Waals surface area contributed by atoms with Gasteiger partial charge in [0.1, 0.15) is 0 Å². The number of hydrogen-bond acceptors (Lipinski definition) is 3. The van der Waals surface area contributed by atoms with E-state index < -0.39 is 0 Å². The number of nitrogens with one attached hydrogen (secondary N) is 1. The predicted octanol–water partition coefficient (Wildman–Crippen LogP) is 1.89. The maximum Gasteiger partial charge on any atom is 0.240 e. The zero-order valence-corrected chi connectivity index (χ0v) is 12.7. The van der Waals surface area contributed by atoms with E-state index in [-0.39, 0.29) is 5.91 Å². The fourth-order valence-electron chi connectivity index (χ4n) is 2.00. The van der Waals surface area contributed by atoms with Crippen LogP contribution < -0.4 is 15.1 Å². The molecule has 0 spiro atoms. The fourth-order valence-corrected chi connectivity index (χ4v) is 2.00. The van der Waals surface area contributed by atoms with Gasteiger partial charge in [0, 0.05) is 32.0 Å². The van der Waals surface area contributed by atoms with Crippen molar-refractivity contribution in [2.75, 3.05) is 44.0 Å². The molecular formula is C15H25N3O. The second-order valence-electron chi connectivity index (χ2n) is 4.66. The second kappa shape index (κ2) is 7.14. The first-order chi connectivity index (χ1) is 9.04. The summed E-state index contributed by atoms with van der Waals surface area (Å²) in [4.78, 5) is 15.8. The molecule has 1 amide bonds. The topological polar surface area (TPSA) is 35.6 Å². The number of nitrogens with zero attached hydrogens (tertiary/aromatic N) is 2. The standard InChI is InChI=1S/C15H25N3O/c1-6-12-8-9-13(10-14(12)17(4)7-2)18(5)15(19)11-16-3/h8-10,16H,6-7,11H2,1-5H3. The third-order valence-electron chi connectivity index (χ3n) is 3.42. The number of likely N-dealkylation sites (N-methyl/N-ethyl adjacent to an activating group) is 2. The van der Waals surface area contributed by atoms with Gasteiger partial charge in [0.2, 0.25) is 5.91 Å². The summed E-state index contributed by atoms with van der Waals surface area (Å²) in [6.07, 6.45) is 0.994. The smallest absolute Gasteiger partial charge is 0.240 e. The molecule has 1 aromatic rings. The summed E-state index contributed by atoms with van der Waals surface area (Å²) in [6.45, 7) is 5.58. The first kappa shape index (κ1) is 15.5. The van der Waals surface area contributed by atoms with Crippen LogP contribution in [-0.4, -0.2) is 40.1 Å². The highest BCUT2D eigenvalue weighted by atomic mass is 16.2. The second-order valence-corrected chi connectivity index (χ2v) is 4.66. The van der Waals surface area contributed by atoms with Crippen LogP contribution in [0.3, 0.4) is 0 Å². The third kappa shape index (κ3) is 3.70. The van der Waals surface area contributed by atoms with Gasteiger partial charge in [-0.15, -0.1) is 0 Å². The van der Waals surface area contributed by atoms with Crippen LogP contribution in [0.25, 0.3) is 0 Å². The van der Waals surface area contributed by atoms with Crippen LogP contribution in [0, 0.1) is 0 Å². The van der Waals surface area contributed by atoms with E-state index in [2.05, 4.69) is 43.2 Å². The van der Waals surface area contributed by atoms with Crippen LogP contribution in [-0.2, 0) is 11.2 Å². The number of carbonyl (C=O) groups excluding carboxylic acids is 1. The molecule has 106 valence electrons. The highest BCUT2D eigenvalue weighted by molar-refractivity contribution is 5.94. The monoisotopic (exact) mass is 263 g/mol.